The van der Waals surface area contributed by atoms with Crippen molar-refractivity contribution < 1.29 is 26.7 Å². The normalized spacial score (nSPS) is 14.4. The summed E-state index contributed by atoms with van der Waals surface area (Å²) >= 11 is 0. The van der Waals surface area contributed by atoms with Crippen LogP contribution in [0.3, 0.4) is 0 Å². The number of aliphatic hydroxyl groups is 1. The van der Waals surface area contributed by atoms with E-state index in [1.165, 1.54) is 23.4 Å². The number of aliphatic hydroxyl groups excluding tert-OH is 1. The van der Waals surface area contributed by atoms with Crippen LogP contribution in [0.15, 0.2) is 95.9 Å². The lowest BCUT2D eigenvalue weighted by Gasteiger charge is -2.35. The van der Waals surface area contributed by atoms with Gasteiger partial charge in [-0.1, -0.05) is 99.6 Å². The molecule has 11 heteroatoms. The van der Waals surface area contributed by atoms with Crippen LogP contribution in [-0.2, 0) is 37.8 Å². The van der Waals surface area contributed by atoms with Gasteiger partial charge in [0.1, 0.15) is 0 Å². The molecular formula is C31H41N3O6S2. The molecule has 0 aromatic heterocycles. The molecule has 0 fully saturated rings. The molecule has 228 valence electrons. The first-order valence-electron chi connectivity index (χ1n) is 14.0. The Morgan fingerprint density at radius 2 is 1.33 bits per heavy atom. The SMILES string of the molecule is CC(C)CN(C(Cc1ccccc1)[C@H](O)CNC(=O)[C@@H](C)CS(=O)(=O)NCc1ccccc1)S(=O)(=O)c1ccccc1. The van der Waals surface area contributed by atoms with Crippen molar-refractivity contribution in [1.29, 1.82) is 0 Å². The maximum absolute atomic E-state index is 13.8. The van der Waals surface area contributed by atoms with E-state index >= 15 is 0 Å². The molecule has 0 aliphatic carbocycles. The van der Waals surface area contributed by atoms with Gasteiger partial charge in [0.25, 0.3) is 0 Å². The Morgan fingerprint density at radius 3 is 1.88 bits per heavy atom. The van der Waals surface area contributed by atoms with Crippen LogP contribution in [0, 0.1) is 11.8 Å². The van der Waals surface area contributed by atoms with Crippen molar-refractivity contribution in [2.24, 2.45) is 11.8 Å². The molecule has 3 aromatic rings. The van der Waals surface area contributed by atoms with Crippen molar-refractivity contribution in [3.05, 3.63) is 102 Å². The van der Waals surface area contributed by atoms with Crippen LogP contribution >= 0.6 is 0 Å². The Morgan fingerprint density at radius 1 is 0.810 bits per heavy atom. The van der Waals surface area contributed by atoms with E-state index in [1.807, 2.05) is 62.4 Å². The topological polar surface area (TPSA) is 133 Å². The number of carbonyl (C=O) groups is 1. The summed E-state index contributed by atoms with van der Waals surface area (Å²) in [7, 11) is -7.75. The van der Waals surface area contributed by atoms with E-state index < -0.39 is 49.8 Å². The zero-order chi connectivity index (χ0) is 30.8. The number of carbonyl (C=O) groups excluding carboxylic acids is 1. The fourth-order valence-corrected chi connectivity index (χ4v) is 7.71. The van der Waals surface area contributed by atoms with Crippen LogP contribution in [0.2, 0.25) is 0 Å². The number of hydrogen-bond acceptors (Lipinski definition) is 6. The minimum Gasteiger partial charge on any atom is -0.390 e. The molecule has 1 amide bonds. The molecule has 3 aromatic carbocycles. The van der Waals surface area contributed by atoms with E-state index in [0.717, 1.165) is 11.1 Å². The lowest BCUT2D eigenvalue weighted by Crippen LogP contribution is -2.53. The second kappa shape index (κ2) is 15.4. The Kier molecular flexibility index (Phi) is 12.3. The molecule has 0 heterocycles. The molecule has 0 bridgehead atoms. The van der Waals surface area contributed by atoms with Gasteiger partial charge in [0.2, 0.25) is 26.0 Å². The molecule has 0 aliphatic heterocycles. The van der Waals surface area contributed by atoms with Crippen LogP contribution in [0.1, 0.15) is 31.9 Å². The lowest BCUT2D eigenvalue weighted by atomic mass is 10.00. The van der Waals surface area contributed by atoms with E-state index in [-0.39, 0.29) is 36.9 Å². The predicted octanol–water partition coefficient (Wildman–Crippen LogP) is 3.18. The number of rotatable bonds is 16. The quantitative estimate of drug-likeness (QED) is 0.227. The molecular weight excluding hydrogens is 574 g/mol. The number of nitrogens with zero attached hydrogens (tertiary/aromatic N) is 1. The summed E-state index contributed by atoms with van der Waals surface area (Å²) in [5, 5.41) is 14.0. The Balaban J connectivity index is 1.75. The van der Waals surface area contributed by atoms with Gasteiger partial charge in [-0.15, -0.1) is 0 Å². The van der Waals surface area contributed by atoms with Gasteiger partial charge in [-0.25, -0.2) is 21.6 Å². The fraction of sp³-hybridized carbons (Fsp3) is 0.387. The van der Waals surface area contributed by atoms with Gasteiger partial charge >= 0.3 is 0 Å². The minimum absolute atomic E-state index is 0.0443. The van der Waals surface area contributed by atoms with Crippen molar-refractivity contribution in [3.8, 4) is 0 Å². The molecule has 0 radical (unpaired) electrons. The van der Waals surface area contributed by atoms with Gasteiger partial charge in [0.15, 0.2) is 0 Å². The van der Waals surface area contributed by atoms with Gasteiger partial charge in [0, 0.05) is 19.6 Å². The number of nitrogens with one attached hydrogen (secondary N) is 2. The maximum Gasteiger partial charge on any atom is 0.243 e. The average molecular weight is 616 g/mol. The van der Waals surface area contributed by atoms with Crippen molar-refractivity contribution in [2.75, 3.05) is 18.8 Å². The largest absolute Gasteiger partial charge is 0.390 e. The highest BCUT2D eigenvalue weighted by Crippen LogP contribution is 2.24. The Hall–Kier alpha value is -3.09. The summed E-state index contributed by atoms with van der Waals surface area (Å²) < 4.78 is 56.7. The van der Waals surface area contributed by atoms with Crippen molar-refractivity contribution in [1.82, 2.24) is 14.3 Å². The van der Waals surface area contributed by atoms with Crippen LogP contribution in [0.25, 0.3) is 0 Å². The molecule has 0 aliphatic rings. The molecule has 0 saturated carbocycles. The number of amides is 1. The van der Waals surface area contributed by atoms with Crippen molar-refractivity contribution in [2.45, 2.75) is 50.8 Å². The highest BCUT2D eigenvalue weighted by atomic mass is 32.2. The molecule has 3 atom stereocenters. The van der Waals surface area contributed by atoms with Gasteiger partial charge in [-0.2, -0.15) is 4.31 Å². The first kappa shape index (κ1) is 33.4. The number of hydrogen-bond donors (Lipinski definition) is 3. The van der Waals surface area contributed by atoms with Gasteiger partial charge in [-0.3, -0.25) is 4.79 Å². The van der Waals surface area contributed by atoms with Crippen LogP contribution < -0.4 is 10.0 Å². The number of benzene rings is 3. The monoisotopic (exact) mass is 615 g/mol. The summed E-state index contributed by atoms with van der Waals surface area (Å²) in [4.78, 5) is 13.0. The van der Waals surface area contributed by atoms with Crippen molar-refractivity contribution >= 4 is 26.0 Å². The molecule has 3 rings (SSSR count). The third kappa shape index (κ3) is 10.0. The Bertz CT molecular complexity index is 1470. The second-order valence-corrected chi connectivity index (χ2v) is 14.6. The molecule has 1 unspecified atom stereocenters. The van der Waals surface area contributed by atoms with Crippen LogP contribution in [-0.4, -0.2) is 63.1 Å². The van der Waals surface area contributed by atoms with E-state index in [2.05, 4.69) is 10.0 Å². The first-order chi connectivity index (χ1) is 19.9. The lowest BCUT2D eigenvalue weighted by molar-refractivity contribution is -0.124. The highest BCUT2D eigenvalue weighted by Gasteiger charge is 2.36. The molecule has 42 heavy (non-hydrogen) atoms. The van der Waals surface area contributed by atoms with Crippen LogP contribution in [0.4, 0.5) is 0 Å². The fourth-order valence-electron chi connectivity index (χ4n) is 4.55. The van der Waals surface area contributed by atoms with Crippen LogP contribution in [0.5, 0.6) is 0 Å². The van der Waals surface area contributed by atoms with E-state index in [0.29, 0.717) is 0 Å². The summed E-state index contributed by atoms with van der Waals surface area (Å²) in [5.74, 6) is -1.94. The first-order valence-corrected chi connectivity index (χ1v) is 17.1. The van der Waals surface area contributed by atoms with E-state index in [4.69, 9.17) is 0 Å². The standard InChI is InChI=1S/C31H41N3O6S2/c1-24(2)22-34(42(39,40)28-17-11-6-12-18-28)29(19-26-13-7-4-8-14-26)30(35)21-32-31(36)25(3)23-41(37,38)33-20-27-15-9-5-10-16-27/h4-18,24-25,29-30,33,35H,19-23H2,1-3H3,(H,32,36)/t25-,29?,30+/m0/s1. The van der Waals surface area contributed by atoms with E-state index in [1.54, 1.807) is 30.3 Å². The summed E-state index contributed by atoms with van der Waals surface area (Å²) in [6.45, 7) is 5.30. The average Bonchev–Trinajstić information content (AvgIpc) is 2.97. The third-order valence-corrected chi connectivity index (χ3v) is 10.2. The third-order valence-electron chi connectivity index (χ3n) is 6.74. The molecule has 0 saturated heterocycles. The smallest absolute Gasteiger partial charge is 0.243 e. The highest BCUT2D eigenvalue weighted by molar-refractivity contribution is 7.89. The minimum atomic E-state index is -4.00. The summed E-state index contributed by atoms with van der Waals surface area (Å²) in [5.41, 5.74) is 1.62. The Labute approximate surface area is 250 Å². The van der Waals surface area contributed by atoms with E-state index in [9.17, 15) is 26.7 Å². The van der Waals surface area contributed by atoms with Gasteiger partial charge in [-0.05, 0) is 35.6 Å². The summed E-state index contributed by atoms with van der Waals surface area (Å²) in [6.07, 6.45) is -1.06. The number of sulfonamides is 2. The molecule has 9 nitrogen and oxygen atoms in total. The second-order valence-electron chi connectivity index (χ2n) is 10.8. The summed E-state index contributed by atoms with van der Waals surface area (Å²) in [6, 6.07) is 25.5. The zero-order valence-electron chi connectivity index (χ0n) is 24.3. The van der Waals surface area contributed by atoms with Gasteiger partial charge in [0.05, 0.1) is 28.7 Å². The van der Waals surface area contributed by atoms with Crippen molar-refractivity contribution in [3.63, 3.8) is 0 Å². The maximum atomic E-state index is 13.8. The zero-order valence-corrected chi connectivity index (χ0v) is 25.9. The molecule has 0 spiro atoms. The predicted molar refractivity (Wildman–Crippen MR) is 164 cm³/mol. The molecule has 3 N–H and O–H groups in total. The van der Waals surface area contributed by atoms with Gasteiger partial charge < -0.3 is 10.4 Å².